The zero-order valence-electron chi connectivity index (χ0n) is 12.7. The molecule has 0 amide bonds. The molecule has 6 nitrogen and oxygen atoms in total. The summed E-state index contributed by atoms with van der Waals surface area (Å²) in [4.78, 5) is 10.6. The molecule has 0 aliphatic heterocycles. The van der Waals surface area contributed by atoms with Crippen LogP contribution in [0.15, 0.2) is 18.2 Å². The fourth-order valence-electron chi connectivity index (χ4n) is 2.21. The predicted octanol–water partition coefficient (Wildman–Crippen LogP) is 2.95. The number of nitro benzene ring substituents is 1. The van der Waals surface area contributed by atoms with Crippen molar-refractivity contribution in [3.8, 4) is 11.8 Å². The Morgan fingerprint density at radius 1 is 1.52 bits per heavy atom. The van der Waals surface area contributed by atoms with E-state index < -0.39 is 10.5 Å². The third kappa shape index (κ3) is 4.17. The normalized spacial score (nSPS) is 13.2. The Kier molecular flexibility index (Phi) is 6.12. The van der Waals surface area contributed by atoms with Crippen molar-refractivity contribution in [2.24, 2.45) is 0 Å². The number of benzene rings is 1. The molecule has 6 heteroatoms. The molecule has 1 aromatic carbocycles. The van der Waals surface area contributed by atoms with Crippen LogP contribution in [0, 0.1) is 28.4 Å². The first-order valence-electron chi connectivity index (χ1n) is 6.96. The topological polar surface area (TPSA) is 88.2 Å². The van der Waals surface area contributed by atoms with Crippen LogP contribution in [0.2, 0.25) is 0 Å². The van der Waals surface area contributed by atoms with E-state index in [0.717, 1.165) is 0 Å². The summed E-state index contributed by atoms with van der Waals surface area (Å²) >= 11 is 0. The van der Waals surface area contributed by atoms with Gasteiger partial charge in [-0.05, 0) is 39.3 Å². The van der Waals surface area contributed by atoms with E-state index in [2.05, 4.69) is 11.4 Å². The summed E-state index contributed by atoms with van der Waals surface area (Å²) in [6.45, 7) is 3.98. The van der Waals surface area contributed by atoms with Crippen molar-refractivity contribution in [1.29, 1.82) is 5.26 Å². The van der Waals surface area contributed by atoms with E-state index >= 15 is 0 Å². The molecule has 0 aliphatic carbocycles. The summed E-state index contributed by atoms with van der Waals surface area (Å²) < 4.78 is 5.53. The van der Waals surface area contributed by atoms with Crippen molar-refractivity contribution in [3.63, 3.8) is 0 Å². The summed E-state index contributed by atoms with van der Waals surface area (Å²) in [6.07, 6.45) is 1.98. The Labute approximate surface area is 124 Å². The van der Waals surface area contributed by atoms with E-state index in [9.17, 15) is 15.4 Å². The van der Waals surface area contributed by atoms with Gasteiger partial charge >= 0.3 is 5.69 Å². The lowest BCUT2D eigenvalue weighted by atomic mass is 9.92. The molecule has 0 radical (unpaired) electrons. The third-order valence-corrected chi connectivity index (χ3v) is 3.68. The van der Waals surface area contributed by atoms with Gasteiger partial charge in [0.2, 0.25) is 0 Å². The standard InChI is InChI=1S/C15H21N3O3/c1-4-15(11-16,17-3)9-6-10-21-13-8-5-7-12(2)14(13)18(19)20/h5,7-8,17H,4,6,9-10H2,1-3H3. The quantitative estimate of drug-likeness (QED) is 0.452. The van der Waals surface area contributed by atoms with E-state index in [1.54, 1.807) is 32.2 Å². The lowest BCUT2D eigenvalue weighted by molar-refractivity contribution is -0.386. The van der Waals surface area contributed by atoms with Crippen LogP contribution in [0.3, 0.4) is 0 Å². The number of nitriles is 1. The monoisotopic (exact) mass is 291 g/mol. The largest absolute Gasteiger partial charge is 0.487 e. The molecule has 0 spiro atoms. The second kappa shape index (κ2) is 7.60. The number of nitrogens with zero attached hydrogens (tertiary/aromatic N) is 2. The Bertz CT molecular complexity index is 533. The fraction of sp³-hybridized carbons (Fsp3) is 0.533. The van der Waals surface area contributed by atoms with Crippen molar-refractivity contribution in [2.45, 2.75) is 38.6 Å². The van der Waals surface area contributed by atoms with Gasteiger partial charge in [-0.1, -0.05) is 19.1 Å². The maximum Gasteiger partial charge on any atom is 0.313 e. The van der Waals surface area contributed by atoms with Gasteiger partial charge in [0.05, 0.1) is 17.6 Å². The highest BCUT2D eigenvalue weighted by Gasteiger charge is 2.25. The first kappa shape index (κ1) is 16.9. The number of para-hydroxylation sites is 1. The number of hydrogen-bond donors (Lipinski definition) is 1. The maximum absolute atomic E-state index is 11.0. The van der Waals surface area contributed by atoms with Gasteiger partial charge in [-0.15, -0.1) is 0 Å². The highest BCUT2D eigenvalue weighted by molar-refractivity contribution is 5.51. The van der Waals surface area contributed by atoms with Gasteiger partial charge in [0.25, 0.3) is 0 Å². The van der Waals surface area contributed by atoms with Gasteiger partial charge in [-0.3, -0.25) is 10.1 Å². The molecule has 1 N–H and O–H groups in total. The summed E-state index contributed by atoms with van der Waals surface area (Å²) in [5.74, 6) is 0.281. The Morgan fingerprint density at radius 3 is 2.76 bits per heavy atom. The van der Waals surface area contributed by atoms with Crippen molar-refractivity contribution >= 4 is 5.69 Å². The number of nitrogens with one attached hydrogen (secondary N) is 1. The van der Waals surface area contributed by atoms with Gasteiger partial charge in [0.1, 0.15) is 5.54 Å². The van der Waals surface area contributed by atoms with Crippen LogP contribution in [0.5, 0.6) is 5.75 Å². The van der Waals surface area contributed by atoms with Crippen LogP contribution in [-0.4, -0.2) is 24.1 Å². The van der Waals surface area contributed by atoms with Crippen molar-refractivity contribution < 1.29 is 9.66 Å². The molecule has 0 heterocycles. The molecular formula is C15H21N3O3. The second-order valence-corrected chi connectivity index (χ2v) is 4.93. The van der Waals surface area contributed by atoms with Crippen LogP contribution < -0.4 is 10.1 Å². The number of hydrogen-bond acceptors (Lipinski definition) is 5. The van der Waals surface area contributed by atoms with Crippen molar-refractivity contribution in [3.05, 3.63) is 33.9 Å². The molecule has 0 aromatic heterocycles. The number of ether oxygens (including phenoxy) is 1. The molecule has 0 saturated heterocycles. The van der Waals surface area contributed by atoms with Crippen molar-refractivity contribution in [1.82, 2.24) is 5.32 Å². The lowest BCUT2D eigenvalue weighted by Crippen LogP contribution is -2.41. The first-order chi connectivity index (χ1) is 9.99. The molecule has 0 bridgehead atoms. The van der Waals surface area contributed by atoms with E-state index in [4.69, 9.17) is 4.74 Å². The molecule has 1 unspecified atom stereocenters. The molecule has 114 valence electrons. The summed E-state index contributed by atoms with van der Waals surface area (Å²) in [5, 5.41) is 23.3. The van der Waals surface area contributed by atoms with E-state index in [-0.39, 0.29) is 11.4 Å². The highest BCUT2D eigenvalue weighted by atomic mass is 16.6. The molecule has 0 fully saturated rings. The number of nitro groups is 1. The maximum atomic E-state index is 11.0. The van der Waals surface area contributed by atoms with Gasteiger partial charge in [0, 0.05) is 5.56 Å². The molecular weight excluding hydrogens is 270 g/mol. The van der Waals surface area contributed by atoms with Crippen LogP contribution >= 0.6 is 0 Å². The first-order valence-corrected chi connectivity index (χ1v) is 6.96. The predicted molar refractivity (Wildman–Crippen MR) is 80.3 cm³/mol. The smallest absolute Gasteiger partial charge is 0.313 e. The second-order valence-electron chi connectivity index (χ2n) is 4.93. The van der Waals surface area contributed by atoms with E-state index in [0.29, 0.717) is 31.4 Å². The number of aryl methyl sites for hydroxylation is 1. The number of rotatable bonds is 8. The molecule has 21 heavy (non-hydrogen) atoms. The Morgan fingerprint density at radius 2 is 2.24 bits per heavy atom. The van der Waals surface area contributed by atoms with Crippen LogP contribution in [0.25, 0.3) is 0 Å². The van der Waals surface area contributed by atoms with Crippen LogP contribution in [0.1, 0.15) is 31.7 Å². The lowest BCUT2D eigenvalue weighted by Gasteiger charge is -2.24. The zero-order chi connectivity index (χ0) is 15.9. The molecule has 1 atom stereocenters. The minimum atomic E-state index is -0.554. The van der Waals surface area contributed by atoms with E-state index in [1.165, 1.54) is 0 Å². The molecule has 0 saturated carbocycles. The van der Waals surface area contributed by atoms with Gasteiger partial charge in [0.15, 0.2) is 5.75 Å². The molecule has 0 aliphatic rings. The van der Waals surface area contributed by atoms with Crippen LogP contribution in [-0.2, 0) is 0 Å². The SMILES string of the molecule is CCC(C#N)(CCCOc1cccc(C)c1[N+](=O)[O-])NC. The van der Waals surface area contributed by atoms with Gasteiger partial charge in [-0.2, -0.15) is 5.26 Å². The zero-order valence-corrected chi connectivity index (χ0v) is 12.7. The highest BCUT2D eigenvalue weighted by Crippen LogP contribution is 2.30. The Hall–Kier alpha value is -2.13. The third-order valence-electron chi connectivity index (χ3n) is 3.68. The average molecular weight is 291 g/mol. The summed E-state index contributed by atoms with van der Waals surface area (Å²) in [6, 6.07) is 7.29. The molecule has 1 rings (SSSR count). The minimum absolute atomic E-state index is 0.00755. The van der Waals surface area contributed by atoms with Gasteiger partial charge < -0.3 is 10.1 Å². The van der Waals surface area contributed by atoms with Gasteiger partial charge in [-0.25, -0.2) is 0 Å². The van der Waals surface area contributed by atoms with Crippen LogP contribution in [0.4, 0.5) is 5.69 Å². The van der Waals surface area contributed by atoms with Crippen molar-refractivity contribution in [2.75, 3.05) is 13.7 Å². The average Bonchev–Trinajstić information content (AvgIpc) is 2.48. The fourth-order valence-corrected chi connectivity index (χ4v) is 2.21. The molecule has 1 aromatic rings. The Balaban J connectivity index is 2.64. The van der Waals surface area contributed by atoms with E-state index in [1.807, 2.05) is 6.92 Å². The summed E-state index contributed by atoms with van der Waals surface area (Å²) in [5.41, 5.74) is 0.0304. The minimum Gasteiger partial charge on any atom is -0.487 e. The summed E-state index contributed by atoms with van der Waals surface area (Å²) in [7, 11) is 1.76.